The molecule has 0 fully saturated rings. The fraction of sp³-hybridized carbons (Fsp3) is 0.500. The summed E-state index contributed by atoms with van der Waals surface area (Å²) in [5, 5.41) is 12.6. The van der Waals surface area contributed by atoms with E-state index in [1.165, 1.54) is 0 Å². The van der Waals surface area contributed by atoms with E-state index in [1.54, 1.807) is 18.7 Å². The van der Waals surface area contributed by atoms with Crippen LogP contribution in [0.4, 0.5) is 0 Å². The molecule has 2 unspecified atom stereocenters. The fourth-order valence-electron chi connectivity index (χ4n) is 1.99. The summed E-state index contributed by atoms with van der Waals surface area (Å²) < 4.78 is 1.05. The normalized spacial score (nSPS) is 15.8. The molecule has 0 spiro atoms. The molecule has 106 valence electrons. The zero-order valence-electron chi connectivity index (χ0n) is 11.4. The third-order valence-corrected chi connectivity index (χ3v) is 4.53. The summed E-state index contributed by atoms with van der Waals surface area (Å²) in [5.41, 5.74) is -0.865. The highest BCUT2D eigenvalue weighted by Crippen LogP contribution is 2.29. The Morgan fingerprint density at radius 1 is 1.47 bits per heavy atom. The minimum Gasteiger partial charge on any atom is -0.480 e. The van der Waals surface area contributed by atoms with E-state index in [2.05, 4.69) is 28.2 Å². The summed E-state index contributed by atoms with van der Waals surface area (Å²) in [5.74, 6) is -0.794. The molecule has 1 aromatic carbocycles. The average Bonchev–Trinajstić information content (AvgIpc) is 2.32. The molecule has 5 heteroatoms. The topological polar surface area (TPSA) is 49.3 Å². The number of hydrogen-bond acceptors (Lipinski definition) is 3. The SMILES string of the molecule is CCNC(C)(CC(C)Sc1ccc(Br)cc1)C(=O)O. The lowest BCUT2D eigenvalue weighted by Crippen LogP contribution is -2.50. The van der Waals surface area contributed by atoms with Crippen LogP contribution in [0.25, 0.3) is 0 Å². The number of thioether (sulfide) groups is 1. The van der Waals surface area contributed by atoms with Crippen LogP contribution < -0.4 is 5.32 Å². The molecule has 0 aromatic heterocycles. The van der Waals surface area contributed by atoms with Gasteiger partial charge in [-0.05, 0) is 44.2 Å². The predicted octanol–water partition coefficient (Wildman–Crippen LogP) is 3.77. The maximum atomic E-state index is 11.4. The minimum atomic E-state index is -0.865. The van der Waals surface area contributed by atoms with Gasteiger partial charge in [-0.1, -0.05) is 29.8 Å². The van der Waals surface area contributed by atoms with Gasteiger partial charge in [0, 0.05) is 14.6 Å². The molecule has 1 aromatic rings. The van der Waals surface area contributed by atoms with Crippen molar-refractivity contribution in [3.63, 3.8) is 0 Å². The largest absolute Gasteiger partial charge is 0.480 e. The molecule has 0 bridgehead atoms. The number of carboxylic acids is 1. The maximum Gasteiger partial charge on any atom is 0.323 e. The first-order valence-electron chi connectivity index (χ1n) is 6.28. The highest BCUT2D eigenvalue weighted by molar-refractivity contribution is 9.10. The van der Waals surface area contributed by atoms with Crippen molar-refractivity contribution in [1.82, 2.24) is 5.32 Å². The second kappa shape index (κ2) is 7.31. The van der Waals surface area contributed by atoms with Crippen LogP contribution in [0.5, 0.6) is 0 Å². The molecule has 0 aliphatic carbocycles. The lowest BCUT2D eigenvalue weighted by atomic mass is 9.96. The highest BCUT2D eigenvalue weighted by Gasteiger charge is 2.33. The Labute approximate surface area is 127 Å². The number of nitrogens with one attached hydrogen (secondary N) is 1. The predicted molar refractivity (Wildman–Crippen MR) is 83.8 cm³/mol. The van der Waals surface area contributed by atoms with Crippen molar-refractivity contribution in [1.29, 1.82) is 0 Å². The zero-order valence-corrected chi connectivity index (χ0v) is 13.8. The van der Waals surface area contributed by atoms with Crippen molar-refractivity contribution >= 4 is 33.7 Å². The second-order valence-electron chi connectivity index (χ2n) is 4.75. The highest BCUT2D eigenvalue weighted by atomic mass is 79.9. The first-order chi connectivity index (χ1) is 8.87. The Hall–Kier alpha value is -0.520. The molecule has 1 rings (SSSR count). The zero-order chi connectivity index (χ0) is 14.5. The van der Waals surface area contributed by atoms with Gasteiger partial charge in [-0.2, -0.15) is 0 Å². The molecular weight excluding hydrogens is 326 g/mol. The Bertz CT molecular complexity index is 424. The van der Waals surface area contributed by atoms with Crippen molar-refractivity contribution < 1.29 is 9.90 Å². The molecule has 0 aliphatic heterocycles. The van der Waals surface area contributed by atoms with Crippen molar-refractivity contribution in [2.24, 2.45) is 0 Å². The molecule has 0 radical (unpaired) electrons. The van der Waals surface area contributed by atoms with Gasteiger partial charge in [-0.3, -0.25) is 4.79 Å². The van der Waals surface area contributed by atoms with E-state index in [-0.39, 0.29) is 5.25 Å². The molecule has 0 heterocycles. The summed E-state index contributed by atoms with van der Waals surface area (Å²) >= 11 is 5.10. The van der Waals surface area contributed by atoms with Gasteiger partial charge in [-0.25, -0.2) is 0 Å². The summed E-state index contributed by atoms with van der Waals surface area (Å²) in [4.78, 5) is 12.5. The summed E-state index contributed by atoms with van der Waals surface area (Å²) in [6.45, 7) is 6.38. The van der Waals surface area contributed by atoms with Gasteiger partial charge in [0.15, 0.2) is 0 Å². The number of likely N-dealkylation sites (N-methyl/N-ethyl adjacent to an activating group) is 1. The van der Waals surface area contributed by atoms with Crippen LogP contribution in [0.2, 0.25) is 0 Å². The molecule has 3 nitrogen and oxygen atoms in total. The standard InChI is InChI=1S/C14H20BrNO2S/c1-4-16-14(3,13(17)18)9-10(2)19-12-7-5-11(15)6-8-12/h5-8,10,16H,4,9H2,1-3H3,(H,17,18). The molecular formula is C14H20BrNO2S. The van der Waals surface area contributed by atoms with Gasteiger partial charge in [-0.15, -0.1) is 11.8 Å². The Balaban J connectivity index is 2.65. The first-order valence-corrected chi connectivity index (χ1v) is 7.95. The van der Waals surface area contributed by atoms with Crippen LogP contribution >= 0.6 is 27.7 Å². The second-order valence-corrected chi connectivity index (χ2v) is 7.18. The Kier molecular flexibility index (Phi) is 6.36. The molecule has 0 aliphatic rings. The average molecular weight is 346 g/mol. The quantitative estimate of drug-likeness (QED) is 0.738. The molecule has 19 heavy (non-hydrogen) atoms. The van der Waals surface area contributed by atoms with E-state index < -0.39 is 11.5 Å². The van der Waals surface area contributed by atoms with Crippen molar-refractivity contribution in [3.8, 4) is 0 Å². The van der Waals surface area contributed by atoms with Gasteiger partial charge in [0.1, 0.15) is 5.54 Å². The van der Waals surface area contributed by atoms with Crippen molar-refractivity contribution in [2.45, 2.75) is 42.9 Å². The van der Waals surface area contributed by atoms with Crippen LogP contribution in [-0.2, 0) is 4.79 Å². The van der Waals surface area contributed by atoms with Gasteiger partial charge >= 0.3 is 5.97 Å². The Morgan fingerprint density at radius 3 is 2.53 bits per heavy atom. The van der Waals surface area contributed by atoms with Gasteiger partial charge in [0.2, 0.25) is 0 Å². The number of aliphatic carboxylic acids is 1. The van der Waals surface area contributed by atoms with Crippen LogP contribution in [0.1, 0.15) is 27.2 Å². The van der Waals surface area contributed by atoms with Crippen LogP contribution in [-0.4, -0.2) is 28.4 Å². The van der Waals surface area contributed by atoms with E-state index in [1.807, 2.05) is 31.2 Å². The van der Waals surface area contributed by atoms with E-state index in [4.69, 9.17) is 0 Å². The summed E-state index contributed by atoms with van der Waals surface area (Å²) in [6, 6.07) is 8.07. The lowest BCUT2D eigenvalue weighted by molar-refractivity contribution is -0.144. The van der Waals surface area contributed by atoms with Crippen LogP contribution in [0, 0.1) is 0 Å². The van der Waals surface area contributed by atoms with Crippen LogP contribution in [0.15, 0.2) is 33.6 Å². The smallest absolute Gasteiger partial charge is 0.323 e. The molecule has 0 amide bonds. The minimum absolute atomic E-state index is 0.223. The van der Waals surface area contributed by atoms with E-state index in [0.29, 0.717) is 13.0 Å². The molecule has 2 N–H and O–H groups in total. The lowest BCUT2D eigenvalue weighted by Gasteiger charge is -2.28. The Morgan fingerprint density at radius 2 is 2.05 bits per heavy atom. The van der Waals surface area contributed by atoms with E-state index >= 15 is 0 Å². The number of hydrogen-bond donors (Lipinski definition) is 2. The number of rotatable bonds is 7. The first kappa shape index (κ1) is 16.5. The van der Waals surface area contributed by atoms with Gasteiger partial charge in [0.05, 0.1) is 0 Å². The number of halogens is 1. The molecule has 2 atom stereocenters. The summed E-state index contributed by atoms with van der Waals surface area (Å²) in [7, 11) is 0. The van der Waals surface area contributed by atoms with Gasteiger partial charge < -0.3 is 10.4 Å². The number of carboxylic acid groups (broad SMARTS) is 1. The number of carbonyl (C=O) groups is 1. The van der Waals surface area contributed by atoms with Crippen LogP contribution in [0.3, 0.4) is 0 Å². The monoisotopic (exact) mass is 345 g/mol. The van der Waals surface area contributed by atoms with E-state index in [0.717, 1.165) is 9.37 Å². The third-order valence-electron chi connectivity index (χ3n) is 2.89. The molecule has 0 saturated carbocycles. The number of benzene rings is 1. The van der Waals surface area contributed by atoms with Crippen molar-refractivity contribution in [2.75, 3.05) is 6.54 Å². The van der Waals surface area contributed by atoms with Crippen molar-refractivity contribution in [3.05, 3.63) is 28.7 Å². The van der Waals surface area contributed by atoms with Gasteiger partial charge in [0.25, 0.3) is 0 Å². The fourth-order valence-corrected chi connectivity index (χ4v) is 3.43. The summed E-state index contributed by atoms with van der Waals surface area (Å²) in [6.07, 6.45) is 0.580. The van der Waals surface area contributed by atoms with E-state index in [9.17, 15) is 9.90 Å². The molecule has 0 saturated heterocycles. The maximum absolute atomic E-state index is 11.4. The third kappa shape index (κ3) is 5.16.